The third-order valence-electron chi connectivity index (χ3n) is 2.17. The first-order valence-corrected chi connectivity index (χ1v) is 5.95. The van der Waals surface area contributed by atoms with Crippen LogP contribution in [0.1, 0.15) is 10.5 Å². The van der Waals surface area contributed by atoms with E-state index in [1.54, 1.807) is 6.07 Å². The fourth-order valence-electron chi connectivity index (χ4n) is 1.31. The van der Waals surface area contributed by atoms with Crippen LogP contribution in [0.15, 0.2) is 46.6 Å². The van der Waals surface area contributed by atoms with Crippen LogP contribution >= 0.6 is 11.8 Å². The predicted molar refractivity (Wildman–Crippen MR) is 68.3 cm³/mol. The molecule has 0 fully saturated rings. The number of ether oxygens (including phenoxy) is 1. The summed E-state index contributed by atoms with van der Waals surface area (Å²) in [5, 5.41) is 0.474. The Labute approximate surface area is 108 Å². The van der Waals surface area contributed by atoms with Crippen molar-refractivity contribution in [1.82, 2.24) is 9.97 Å². The van der Waals surface area contributed by atoms with Crippen LogP contribution < -0.4 is 5.73 Å². The Bertz CT molecular complexity index is 575. The Hall–Kier alpha value is -2.08. The molecule has 92 valence electrons. The fraction of sp³-hybridized carbons (Fsp3) is 0.0833. The Morgan fingerprint density at radius 3 is 2.72 bits per heavy atom. The van der Waals surface area contributed by atoms with Crippen molar-refractivity contribution in [1.29, 1.82) is 0 Å². The van der Waals surface area contributed by atoms with Crippen LogP contribution in [0.2, 0.25) is 0 Å². The van der Waals surface area contributed by atoms with Crippen LogP contribution in [0, 0.1) is 0 Å². The molecule has 1 aromatic heterocycles. The van der Waals surface area contributed by atoms with Gasteiger partial charge >= 0.3 is 5.97 Å². The second-order valence-electron chi connectivity index (χ2n) is 3.34. The molecule has 0 aliphatic heterocycles. The highest BCUT2D eigenvalue weighted by Crippen LogP contribution is 2.31. The number of rotatable bonds is 3. The molecular formula is C12H11N3O2S. The predicted octanol–water partition coefficient (Wildman–Crippen LogP) is 2.00. The summed E-state index contributed by atoms with van der Waals surface area (Å²) in [4.78, 5) is 20.5. The minimum atomic E-state index is -0.514. The summed E-state index contributed by atoms with van der Waals surface area (Å²) >= 11 is 1.29. The van der Waals surface area contributed by atoms with Crippen molar-refractivity contribution in [3.8, 4) is 0 Å². The Morgan fingerprint density at radius 2 is 2.00 bits per heavy atom. The number of benzene rings is 1. The van der Waals surface area contributed by atoms with E-state index in [0.29, 0.717) is 10.7 Å². The van der Waals surface area contributed by atoms with Gasteiger partial charge in [0.1, 0.15) is 5.03 Å². The van der Waals surface area contributed by atoms with Gasteiger partial charge in [0.05, 0.1) is 7.11 Å². The molecule has 0 unspecified atom stereocenters. The van der Waals surface area contributed by atoms with Crippen LogP contribution in [0.25, 0.3) is 0 Å². The zero-order chi connectivity index (χ0) is 13.0. The number of carbonyl (C=O) groups is 1. The van der Waals surface area contributed by atoms with Crippen molar-refractivity contribution in [3.63, 3.8) is 0 Å². The van der Waals surface area contributed by atoms with E-state index < -0.39 is 5.97 Å². The highest BCUT2D eigenvalue weighted by Gasteiger charge is 2.16. The number of aromatic nitrogens is 2. The normalized spacial score (nSPS) is 10.1. The number of carbonyl (C=O) groups excluding carboxylic acids is 1. The lowest BCUT2D eigenvalue weighted by atomic mass is 10.3. The van der Waals surface area contributed by atoms with Gasteiger partial charge in [-0.3, -0.25) is 0 Å². The lowest BCUT2D eigenvalue weighted by Gasteiger charge is -2.06. The van der Waals surface area contributed by atoms with Gasteiger partial charge in [-0.25, -0.2) is 14.8 Å². The molecule has 0 saturated heterocycles. The monoisotopic (exact) mass is 261 g/mol. The number of para-hydroxylation sites is 1. The van der Waals surface area contributed by atoms with Crippen molar-refractivity contribution in [2.24, 2.45) is 0 Å². The van der Waals surface area contributed by atoms with Crippen LogP contribution in [0.4, 0.5) is 5.69 Å². The second kappa shape index (κ2) is 5.50. The summed E-state index contributed by atoms with van der Waals surface area (Å²) in [5.41, 5.74) is 6.66. The second-order valence-corrected chi connectivity index (χ2v) is 4.37. The maximum atomic E-state index is 11.5. The molecule has 2 N–H and O–H groups in total. The molecule has 0 spiro atoms. The summed E-state index contributed by atoms with van der Waals surface area (Å²) in [6.45, 7) is 0. The summed E-state index contributed by atoms with van der Waals surface area (Å²) in [6.07, 6.45) is 2.97. The van der Waals surface area contributed by atoms with E-state index in [1.165, 1.54) is 31.3 Å². The third kappa shape index (κ3) is 2.60. The first-order valence-electron chi connectivity index (χ1n) is 5.14. The summed E-state index contributed by atoms with van der Waals surface area (Å²) in [5.74, 6) is -0.514. The van der Waals surface area contributed by atoms with Gasteiger partial charge in [-0.2, -0.15) is 0 Å². The van der Waals surface area contributed by atoms with Gasteiger partial charge in [0, 0.05) is 23.0 Å². The molecule has 2 rings (SSSR count). The maximum absolute atomic E-state index is 11.5. The molecule has 0 amide bonds. The Morgan fingerprint density at radius 1 is 1.28 bits per heavy atom. The lowest BCUT2D eigenvalue weighted by Crippen LogP contribution is -2.07. The van der Waals surface area contributed by atoms with Crippen LogP contribution in [0.5, 0.6) is 0 Å². The highest BCUT2D eigenvalue weighted by atomic mass is 32.2. The molecule has 0 aliphatic carbocycles. The summed E-state index contributed by atoms with van der Waals surface area (Å²) in [6, 6.07) is 7.36. The quantitative estimate of drug-likeness (QED) is 0.672. The van der Waals surface area contributed by atoms with Gasteiger partial charge in [0.25, 0.3) is 0 Å². The number of nitrogen functional groups attached to an aromatic ring is 1. The van der Waals surface area contributed by atoms with E-state index in [0.717, 1.165) is 4.90 Å². The molecule has 1 aromatic carbocycles. The van der Waals surface area contributed by atoms with Crippen LogP contribution in [-0.4, -0.2) is 23.0 Å². The average Bonchev–Trinajstić information content (AvgIpc) is 2.41. The molecule has 0 aliphatic rings. The molecule has 18 heavy (non-hydrogen) atoms. The largest absolute Gasteiger partial charge is 0.464 e. The van der Waals surface area contributed by atoms with Crippen molar-refractivity contribution < 1.29 is 9.53 Å². The smallest absolute Gasteiger partial charge is 0.359 e. The van der Waals surface area contributed by atoms with Gasteiger partial charge in [-0.05, 0) is 12.1 Å². The van der Waals surface area contributed by atoms with Gasteiger partial charge < -0.3 is 10.5 Å². The van der Waals surface area contributed by atoms with E-state index in [9.17, 15) is 4.79 Å². The molecule has 2 aromatic rings. The van der Waals surface area contributed by atoms with E-state index in [4.69, 9.17) is 5.73 Å². The number of hydrogen-bond donors (Lipinski definition) is 1. The van der Waals surface area contributed by atoms with E-state index >= 15 is 0 Å². The number of hydrogen-bond acceptors (Lipinski definition) is 6. The number of esters is 1. The van der Waals surface area contributed by atoms with Crippen molar-refractivity contribution in [2.75, 3.05) is 12.8 Å². The van der Waals surface area contributed by atoms with Crippen molar-refractivity contribution in [2.45, 2.75) is 9.92 Å². The Kier molecular flexibility index (Phi) is 3.78. The standard InChI is InChI=1S/C12H11N3O2S/c1-17-12(16)10-11(15-7-6-14-10)18-9-5-3-2-4-8(9)13/h2-7H,13H2,1H3. The molecule has 1 heterocycles. The minimum Gasteiger partial charge on any atom is -0.464 e. The number of nitrogens with zero attached hydrogens (tertiary/aromatic N) is 2. The van der Waals surface area contributed by atoms with Gasteiger partial charge in [0.2, 0.25) is 0 Å². The molecule has 0 atom stereocenters. The first kappa shape index (κ1) is 12.4. The van der Waals surface area contributed by atoms with Crippen LogP contribution in [-0.2, 0) is 4.74 Å². The molecule has 0 bridgehead atoms. The van der Waals surface area contributed by atoms with Gasteiger partial charge in [-0.1, -0.05) is 23.9 Å². The number of methoxy groups -OCH3 is 1. The Balaban J connectivity index is 2.35. The maximum Gasteiger partial charge on any atom is 0.359 e. The van der Waals surface area contributed by atoms with Gasteiger partial charge in [0.15, 0.2) is 5.69 Å². The summed E-state index contributed by atoms with van der Waals surface area (Å²) in [7, 11) is 1.31. The van der Waals surface area contributed by atoms with E-state index in [1.807, 2.05) is 18.2 Å². The third-order valence-corrected chi connectivity index (χ3v) is 3.25. The molecule has 5 nitrogen and oxygen atoms in total. The topological polar surface area (TPSA) is 78.1 Å². The number of nitrogens with two attached hydrogens (primary N) is 1. The molecule has 0 radical (unpaired) electrons. The number of anilines is 1. The van der Waals surface area contributed by atoms with Crippen molar-refractivity contribution in [3.05, 3.63) is 42.4 Å². The highest BCUT2D eigenvalue weighted by molar-refractivity contribution is 7.99. The first-order chi connectivity index (χ1) is 8.72. The zero-order valence-corrected chi connectivity index (χ0v) is 10.5. The van der Waals surface area contributed by atoms with Gasteiger partial charge in [-0.15, -0.1) is 0 Å². The molecule has 6 heteroatoms. The zero-order valence-electron chi connectivity index (χ0n) is 9.66. The fourth-order valence-corrected chi connectivity index (χ4v) is 2.20. The molecule has 0 saturated carbocycles. The average molecular weight is 261 g/mol. The lowest BCUT2D eigenvalue weighted by molar-refractivity contribution is 0.0588. The summed E-state index contributed by atoms with van der Waals surface area (Å²) < 4.78 is 4.66. The van der Waals surface area contributed by atoms with Crippen molar-refractivity contribution >= 4 is 23.4 Å². The molecular weight excluding hydrogens is 250 g/mol. The van der Waals surface area contributed by atoms with Crippen LogP contribution in [0.3, 0.4) is 0 Å². The minimum absolute atomic E-state index is 0.188. The van der Waals surface area contributed by atoms with E-state index in [-0.39, 0.29) is 5.69 Å². The van der Waals surface area contributed by atoms with E-state index in [2.05, 4.69) is 14.7 Å². The SMILES string of the molecule is COC(=O)c1nccnc1Sc1ccccc1N.